The van der Waals surface area contributed by atoms with Crippen molar-refractivity contribution in [2.45, 2.75) is 58.4 Å². The average Bonchev–Trinajstić information content (AvgIpc) is 2.60. The van der Waals surface area contributed by atoms with Gasteiger partial charge < -0.3 is 5.11 Å². The highest BCUT2D eigenvalue weighted by molar-refractivity contribution is 7.86. The van der Waals surface area contributed by atoms with E-state index in [9.17, 15) is 18.3 Å². The molecule has 122 valence electrons. The van der Waals surface area contributed by atoms with Crippen molar-refractivity contribution in [2.24, 2.45) is 5.41 Å². The second kappa shape index (κ2) is 6.22. The molecule has 0 aromatic rings. The summed E-state index contributed by atoms with van der Waals surface area (Å²) in [5, 5.41) is 9.28. The van der Waals surface area contributed by atoms with Crippen LogP contribution in [0.25, 0.3) is 0 Å². The number of carboxylic acids is 1. The Kier molecular flexibility index (Phi) is 4.95. The minimum atomic E-state index is -3.67. The lowest BCUT2D eigenvalue weighted by Crippen LogP contribution is -2.53. The van der Waals surface area contributed by atoms with Crippen molar-refractivity contribution in [3.8, 4) is 0 Å². The van der Waals surface area contributed by atoms with E-state index in [2.05, 4.69) is 13.8 Å². The molecule has 1 unspecified atom stereocenters. The second-order valence-electron chi connectivity index (χ2n) is 6.89. The van der Waals surface area contributed by atoms with Crippen LogP contribution in [0.4, 0.5) is 0 Å². The molecule has 0 aromatic heterocycles. The van der Waals surface area contributed by atoms with Crippen LogP contribution in [0.1, 0.15) is 52.4 Å². The van der Waals surface area contributed by atoms with Crippen molar-refractivity contribution < 1.29 is 18.3 Å². The molecule has 2 rings (SSSR count). The van der Waals surface area contributed by atoms with E-state index in [1.54, 1.807) is 0 Å². The van der Waals surface area contributed by atoms with Gasteiger partial charge in [-0.15, -0.1) is 0 Å². The van der Waals surface area contributed by atoms with Crippen molar-refractivity contribution in [1.82, 2.24) is 8.61 Å². The molecule has 2 heterocycles. The largest absolute Gasteiger partial charge is 0.480 e. The molecular weight excluding hydrogens is 292 g/mol. The fourth-order valence-electron chi connectivity index (χ4n) is 3.21. The van der Waals surface area contributed by atoms with Crippen LogP contribution in [0.3, 0.4) is 0 Å². The van der Waals surface area contributed by atoms with E-state index >= 15 is 0 Å². The van der Waals surface area contributed by atoms with Crippen LogP contribution >= 0.6 is 0 Å². The molecule has 1 atom stereocenters. The highest BCUT2D eigenvalue weighted by Gasteiger charge is 2.40. The Labute approximate surface area is 127 Å². The van der Waals surface area contributed by atoms with Crippen molar-refractivity contribution >= 4 is 16.2 Å². The molecule has 2 fully saturated rings. The van der Waals surface area contributed by atoms with Gasteiger partial charge in [-0.3, -0.25) is 4.79 Å². The Morgan fingerprint density at radius 1 is 1.10 bits per heavy atom. The minimum Gasteiger partial charge on any atom is -0.480 e. The Morgan fingerprint density at radius 3 is 2.48 bits per heavy atom. The van der Waals surface area contributed by atoms with Crippen molar-refractivity contribution in [2.75, 3.05) is 19.6 Å². The van der Waals surface area contributed by atoms with Gasteiger partial charge in [0.15, 0.2) is 0 Å². The third-order valence-corrected chi connectivity index (χ3v) is 6.71. The summed E-state index contributed by atoms with van der Waals surface area (Å²) in [6, 6.07) is -0.903. The minimum absolute atomic E-state index is 0.151. The molecule has 0 spiro atoms. The van der Waals surface area contributed by atoms with Gasteiger partial charge in [0.25, 0.3) is 10.2 Å². The number of carboxylic acid groups (broad SMARTS) is 1. The van der Waals surface area contributed by atoms with Gasteiger partial charge in [-0.1, -0.05) is 13.8 Å². The van der Waals surface area contributed by atoms with Crippen molar-refractivity contribution in [3.63, 3.8) is 0 Å². The van der Waals surface area contributed by atoms with Gasteiger partial charge >= 0.3 is 5.97 Å². The summed E-state index contributed by atoms with van der Waals surface area (Å²) in [4.78, 5) is 11.3. The summed E-state index contributed by atoms with van der Waals surface area (Å²) in [5.74, 6) is -1.03. The molecular formula is C14H26N2O4S. The van der Waals surface area contributed by atoms with E-state index in [1.165, 1.54) is 8.61 Å². The van der Waals surface area contributed by atoms with Gasteiger partial charge in [0.05, 0.1) is 0 Å². The zero-order valence-corrected chi connectivity index (χ0v) is 13.7. The van der Waals surface area contributed by atoms with Crippen LogP contribution in [-0.4, -0.2) is 53.8 Å². The molecule has 0 aromatic carbocycles. The van der Waals surface area contributed by atoms with E-state index in [4.69, 9.17) is 0 Å². The SMILES string of the molecule is CC1(C)CCCN(S(=O)(=O)N2CCCCC2C(=O)O)CC1. The molecule has 2 aliphatic rings. The molecule has 7 heteroatoms. The predicted octanol–water partition coefficient (Wildman–Crippen LogP) is 1.68. The first-order valence-electron chi connectivity index (χ1n) is 7.74. The maximum absolute atomic E-state index is 12.8. The normalized spacial score (nSPS) is 29.0. The van der Waals surface area contributed by atoms with Crippen LogP contribution < -0.4 is 0 Å². The predicted molar refractivity (Wildman–Crippen MR) is 80.1 cm³/mol. The molecule has 1 N–H and O–H groups in total. The molecule has 0 saturated carbocycles. The number of piperidine rings is 1. The summed E-state index contributed by atoms with van der Waals surface area (Å²) >= 11 is 0. The smallest absolute Gasteiger partial charge is 0.322 e. The number of carbonyl (C=O) groups is 1. The monoisotopic (exact) mass is 318 g/mol. The lowest BCUT2D eigenvalue weighted by Gasteiger charge is -2.35. The van der Waals surface area contributed by atoms with Gasteiger partial charge in [-0.05, 0) is 43.9 Å². The third kappa shape index (κ3) is 3.76. The number of rotatable bonds is 3. The Balaban J connectivity index is 2.18. The summed E-state index contributed by atoms with van der Waals surface area (Å²) in [5.41, 5.74) is 0.151. The topological polar surface area (TPSA) is 77.9 Å². The van der Waals surface area contributed by atoms with Crippen LogP contribution in [0.2, 0.25) is 0 Å². The number of hydrogen-bond acceptors (Lipinski definition) is 3. The van der Waals surface area contributed by atoms with Crippen LogP contribution in [0, 0.1) is 5.41 Å². The number of nitrogens with zero attached hydrogens (tertiary/aromatic N) is 2. The zero-order valence-electron chi connectivity index (χ0n) is 12.9. The first-order chi connectivity index (χ1) is 9.74. The van der Waals surface area contributed by atoms with Gasteiger partial charge in [0.2, 0.25) is 0 Å². The van der Waals surface area contributed by atoms with Crippen LogP contribution in [-0.2, 0) is 15.0 Å². The molecule has 2 aliphatic heterocycles. The van der Waals surface area contributed by atoms with E-state index in [1.807, 2.05) is 0 Å². The van der Waals surface area contributed by atoms with E-state index in [0.717, 1.165) is 32.1 Å². The van der Waals surface area contributed by atoms with Crippen molar-refractivity contribution in [1.29, 1.82) is 0 Å². The number of hydrogen-bond donors (Lipinski definition) is 1. The fourth-order valence-corrected chi connectivity index (χ4v) is 5.06. The Bertz CT molecular complexity index is 489. The Morgan fingerprint density at radius 2 is 1.81 bits per heavy atom. The third-order valence-electron chi connectivity index (χ3n) is 4.66. The van der Waals surface area contributed by atoms with Gasteiger partial charge in [-0.25, -0.2) is 0 Å². The molecule has 0 radical (unpaired) electrons. The summed E-state index contributed by atoms with van der Waals surface area (Å²) in [6.07, 6.45) is 4.57. The highest BCUT2D eigenvalue weighted by Crippen LogP contribution is 2.32. The van der Waals surface area contributed by atoms with Gasteiger partial charge in [-0.2, -0.15) is 17.0 Å². The quantitative estimate of drug-likeness (QED) is 0.859. The standard InChI is InChI=1S/C14H26N2O4S/c1-14(2)7-5-9-15(11-8-14)21(19,20)16-10-4-3-6-12(16)13(17)18/h12H,3-11H2,1-2H3,(H,17,18). The van der Waals surface area contributed by atoms with Crippen LogP contribution in [0.15, 0.2) is 0 Å². The first-order valence-corrected chi connectivity index (χ1v) is 9.13. The average molecular weight is 318 g/mol. The Hall–Kier alpha value is -0.660. The first kappa shape index (κ1) is 16.7. The highest BCUT2D eigenvalue weighted by atomic mass is 32.2. The van der Waals surface area contributed by atoms with Gasteiger partial charge in [0.1, 0.15) is 6.04 Å². The van der Waals surface area contributed by atoms with Crippen LogP contribution in [0.5, 0.6) is 0 Å². The molecule has 0 aliphatic carbocycles. The molecule has 0 bridgehead atoms. The molecule has 6 nitrogen and oxygen atoms in total. The molecule has 0 amide bonds. The molecule has 21 heavy (non-hydrogen) atoms. The van der Waals surface area contributed by atoms with E-state index < -0.39 is 22.2 Å². The summed E-state index contributed by atoms with van der Waals surface area (Å²) < 4.78 is 28.3. The maximum atomic E-state index is 12.8. The van der Waals surface area contributed by atoms with Crippen molar-refractivity contribution in [3.05, 3.63) is 0 Å². The van der Waals surface area contributed by atoms with E-state index in [0.29, 0.717) is 26.1 Å². The lowest BCUT2D eigenvalue weighted by molar-refractivity contribution is -0.142. The van der Waals surface area contributed by atoms with E-state index in [-0.39, 0.29) is 5.41 Å². The molecule has 2 saturated heterocycles. The summed E-state index contributed by atoms with van der Waals surface area (Å²) in [6.45, 7) is 5.61. The zero-order chi connectivity index (χ0) is 15.7. The fraction of sp³-hybridized carbons (Fsp3) is 0.929. The maximum Gasteiger partial charge on any atom is 0.322 e. The second-order valence-corrected chi connectivity index (χ2v) is 8.77. The lowest BCUT2D eigenvalue weighted by atomic mass is 9.85. The number of aliphatic carboxylic acids is 1. The van der Waals surface area contributed by atoms with Gasteiger partial charge in [0, 0.05) is 19.6 Å². The summed E-state index contributed by atoms with van der Waals surface area (Å²) in [7, 11) is -3.67.